The van der Waals surface area contributed by atoms with Gasteiger partial charge in [-0.3, -0.25) is 4.98 Å². The molecule has 4 aromatic rings. The van der Waals surface area contributed by atoms with E-state index in [9.17, 15) is 8.42 Å². The number of hydrogen-bond donors (Lipinski definition) is 1. The van der Waals surface area contributed by atoms with Crippen molar-refractivity contribution < 1.29 is 17.5 Å². The van der Waals surface area contributed by atoms with Gasteiger partial charge in [-0.05, 0) is 37.7 Å². The molecule has 1 aliphatic rings. The fourth-order valence-corrected chi connectivity index (χ4v) is 5.68. The molecule has 0 atom stereocenters. The third-order valence-corrected chi connectivity index (χ3v) is 8.27. The number of pyridine rings is 2. The molecule has 0 bridgehead atoms. The van der Waals surface area contributed by atoms with Crippen LogP contribution in [0.4, 0.5) is 4.39 Å². The van der Waals surface area contributed by atoms with Gasteiger partial charge in [-0.25, -0.2) is 22.8 Å². The number of sulfonamides is 1. The van der Waals surface area contributed by atoms with E-state index in [-0.39, 0.29) is 10.5 Å². The van der Waals surface area contributed by atoms with Gasteiger partial charge in [0.2, 0.25) is 10.0 Å². The Labute approximate surface area is 209 Å². The number of hydrogen-bond acceptors (Lipinski definition) is 7. The molecular weight excluding hydrogens is 483 g/mol. The Morgan fingerprint density at radius 3 is 2.61 bits per heavy atom. The van der Waals surface area contributed by atoms with E-state index in [4.69, 9.17) is 4.74 Å². The quantitative estimate of drug-likeness (QED) is 0.408. The average Bonchev–Trinajstić information content (AvgIpc) is 3.30. The summed E-state index contributed by atoms with van der Waals surface area (Å²) in [6.45, 7) is 2.07. The maximum atomic E-state index is 15.1. The van der Waals surface area contributed by atoms with Crippen LogP contribution in [0.1, 0.15) is 11.5 Å². The fraction of sp³-hybridized carbons (Fsp3) is 0.320. The standard InChI is InChI=1S/C25H27FN6O3S/c1-31-9-11-32(12-10-31)36(33,34)20-4-5-21(22(26)15-20)17-13-23-25(28-16-17)30-24(29-23)6-3-18-14-19(35-2)7-8-27-18/h4-5,7-8,13-16H,3,6,9-12H2,1-2H3,(H,28,29,30). The Morgan fingerprint density at radius 1 is 1.06 bits per heavy atom. The zero-order valence-corrected chi connectivity index (χ0v) is 20.9. The predicted molar refractivity (Wildman–Crippen MR) is 134 cm³/mol. The Bertz CT molecular complexity index is 1500. The SMILES string of the molecule is COc1ccnc(CCc2nc3cc(-c4ccc(S(=O)(=O)N5CCN(C)CC5)cc4F)cnc3[nH]2)c1. The van der Waals surface area contributed by atoms with Crippen molar-refractivity contribution >= 4 is 21.2 Å². The van der Waals surface area contributed by atoms with E-state index in [0.717, 1.165) is 23.3 Å². The lowest BCUT2D eigenvalue weighted by molar-refractivity contribution is 0.222. The lowest BCUT2D eigenvalue weighted by Gasteiger charge is -2.31. The first kappa shape index (κ1) is 24.3. The van der Waals surface area contributed by atoms with Crippen LogP contribution in [0.5, 0.6) is 5.75 Å². The van der Waals surface area contributed by atoms with Gasteiger partial charge in [0.25, 0.3) is 0 Å². The highest BCUT2D eigenvalue weighted by Crippen LogP contribution is 2.28. The summed E-state index contributed by atoms with van der Waals surface area (Å²) in [7, 11) is -0.188. The number of aryl methyl sites for hydroxylation is 2. The van der Waals surface area contributed by atoms with Crippen molar-refractivity contribution in [1.29, 1.82) is 0 Å². The minimum absolute atomic E-state index is 0.0458. The maximum Gasteiger partial charge on any atom is 0.243 e. The molecule has 36 heavy (non-hydrogen) atoms. The zero-order valence-electron chi connectivity index (χ0n) is 20.1. The first-order chi connectivity index (χ1) is 17.3. The smallest absolute Gasteiger partial charge is 0.243 e. The summed E-state index contributed by atoms with van der Waals surface area (Å²) in [5.41, 5.74) is 2.89. The summed E-state index contributed by atoms with van der Waals surface area (Å²) in [6.07, 6.45) is 4.55. The second kappa shape index (κ2) is 9.92. The highest BCUT2D eigenvalue weighted by atomic mass is 32.2. The highest BCUT2D eigenvalue weighted by molar-refractivity contribution is 7.89. The number of aromatic amines is 1. The first-order valence-corrected chi connectivity index (χ1v) is 13.1. The van der Waals surface area contributed by atoms with Gasteiger partial charge in [-0.1, -0.05) is 6.07 Å². The number of halogens is 1. The topological polar surface area (TPSA) is 104 Å². The number of likely N-dealkylation sites (N-methyl/N-ethyl adjacent to an activating group) is 1. The van der Waals surface area contributed by atoms with E-state index >= 15 is 4.39 Å². The molecule has 1 aromatic carbocycles. The molecular formula is C25H27FN6O3S. The summed E-state index contributed by atoms with van der Waals surface area (Å²) in [5.74, 6) is 0.875. The Balaban J connectivity index is 1.35. The summed E-state index contributed by atoms with van der Waals surface area (Å²) in [5, 5.41) is 0. The highest BCUT2D eigenvalue weighted by Gasteiger charge is 2.28. The minimum atomic E-state index is -3.75. The van der Waals surface area contributed by atoms with Crippen LogP contribution in [0.3, 0.4) is 0 Å². The summed E-state index contributed by atoms with van der Waals surface area (Å²) in [6, 6.07) is 9.46. The van der Waals surface area contributed by atoms with E-state index in [1.807, 2.05) is 13.1 Å². The number of benzene rings is 1. The van der Waals surface area contributed by atoms with Gasteiger partial charge in [-0.15, -0.1) is 0 Å². The molecule has 1 saturated heterocycles. The Hall–Kier alpha value is -3.41. The number of fused-ring (bicyclic) bond motifs is 1. The predicted octanol–water partition coefficient (Wildman–Crippen LogP) is 2.89. The number of piperazine rings is 1. The Morgan fingerprint density at radius 2 is 1.86 bits per heavy atom. The van der Waals surface area contributed by atoms with Crippen molar-refractivity contribution in [2.24, 2.45) is 0 Å². The van der Waals surface area contributed by atoms with Crippen LogP contribution < -0.4 is 4.74 Å². The molecule has 0 saturated carbocycles. The second-order valence-corrected chi connectivity index (χ2v) is 10.7. The molecule has 9 nitrogen and oxygen atoms in total. The number of ether oxygens (including phenoxy) is 1. The summed E-state index contributed by atoms with van der Waals surface area (Å²) >= 11 is 0. The fourth-order valence-electron chi connectivity index (χ4n) is 4.24. The Kier molecular flexibility index (Phi) is 6.69. The molecule has 3 aromatic heterocycles. The van der Waals surface area contributed by atoms with Crippen molar-refractivity contribution in [2.45, 2.75) is 17.7 Å². The van der Waals surface area contributed by atoms with E-state index < -0.39 is 15.8 Å². The first-order valence-electron chi connectivity index (χ1n) is 11.7. The van der Waals surface area contributed by atoms with Gasteiger partial charge in [0, 0.05) is 67.9 Å². The van der Waals surface area contributed by atoms with Gasteiger partial charge >= 0.3 is 0 Å². The lowest BCUT2D eigenvalue weighted by Crippen LogP contribution is -2.47. The van der Waals surface area contributed by atoms with Crippen molar-refractivity contribution in [1.82, 2.24) is 29.1 Å². The third kappa shape index (κ3) is 4.95. The van der Waals surface area contributed by atoms with Gasteiger partial charge in [0.05, 0.1) is 12.0 Å². The lowest BCUT2D eigenvalue weighted by atomic mass is 10.1. The molecule has 5 rings (SSSR count). The molecule has 1 N–H and O–H groups in total. The van der Waals surface area contributed by atoms with E-state index in [1.54, 1.807) is 31.6 Å². The van der Waals surface area contributed by atoms with Crippen LogP contribution >= 0.6 is 0 Å². The molecule has 1 aliphatic heterocycles. The third-order valence-electron chi connectivity index (χ3n) is 6.38. The molecule has 188 valence electrons. The number of rotatable bonds is 7. The normalized spacial score (nSPS) is 15.4. The molecule has 1 fully saturated rings. The largest absolute Gasteiger partial charge is 0.497 e. The van der Waals surface area contributed by atoms with Crippen LogP contribution in [-0.4, -0.2) is 77.9 Å². The number of H-pyrrole nitrogens is 1. The molecule has 4 heterocycles. The number of aromatic nitrogens is 4. The molecule has 0 spiro atoms. The maximum absolute atomic E-state index is 15.1. The van der Waals surface area contributed by atoms with Gasteiger partial charge in [0.15, 0.2) is 5.65 Å². The van der Waals surface area contributed by atoms with Gasteiger partial charge in [-0.2, -0.15) is 4.31 Å². The molecule has 0 amide bonds. The number of imidazole rings is 1. The van der Waals surface area contributed by atoms with Crippen LogP contribution in [0.15, 0.2) is 53.7 Å². The van der Waals surface area contributed by atoms with Crippen molar-refractivity contribution in [2.75, 3.05) is 40.3 Å². The summed E-state index contributed by atoms with van der Waals surface area (Å²) in [4.78, 5) is 18.6. The van der Waals surface area contributed by atoms with Gasteiger partial charge in [0.1, 0.15) is 22.9 Å². The summed E-state index contributed by atoms with van der Waals surface area (Å²) < 4.78 is 47.7. The molecule has 11 heteroatoms. The van der Waals surface area contributed by atoms with Crippen LogP contribution in [0, 0.1) is 5.82 Å². The van der Waals surface area contributed by atoms with E-state index in [1.165, 1.54) is 16.4 Å². The molecule has 0 radical (unpaired) electrons. The minimum Gasteiger partial charge on any atom is -0.497 e. The van der Waals surface area contributed by atoms with Crippen LogP contribution in [-0.2, 0) is 22.9 Å². The number of nitrogens with zero attached hydrogens (tertiary/aromatic N) is 5. The van der Waals surface area contributed by atoms with Crippen molar-refractivity contribution in [3.05, 3.63) is 66.1 Å². The van der Waals surface area contributed by atoms with Crippen molar-refractivity contribution in [3.63, 3.8) is 0 Å². The van der Waals surface area contributed by atoms with Crippen LogP contribution in [0.25, 0.3) is 22.3 Å². The average molecular weight is 511 g/mol. The van der Waals surface area contributed by atoms with Crippen molar-refractivity contribution in [3.8, 4) is 16.9 Å². The second-order valence-electron chi connectivity index (χ2n) is 8.81. The molecule has 0 aliphatic carbocycles. The monoisotopic (exact) mass is 510 g/mol. The molecule has 0 unspecified atom stereocenters. The van der Waals surface area contributed by atoms with E-state index in [2.05, 4.69) is 24.8 Å². The van der Waals surface area contributed by atoms with Crippen LogP contribution in [0.2, 0.25) is 0 Å². The zero-order chi connectivity index (χ0) is 25.3. The number of methoxy groups -OCH3 is 1. The number of nitrogens with one attached hydrogen (secondary N) is 1. The van der Waals surface area contributed by atoms with E-state index in [0.29, 0.717) is 55.7 Å². The van der Waals surface area contributed by atoms with Gasteiger partial charge < -0.3 is 14.6 Å².